The molecule has 0 saturated heterocycles. The van der Waals surface area contributed by atoms with Gasteiger partial charge in [0, 0.05) is 21.7 Å². The van der Waals surface area contributed by atoms with E-state index in [1.807, 2.05) is 0 Å². The van der Waals surface area contributed by atoms with Crippen LogP contribution in [0.4, 0.5) is 5.69 Å². The number of allylic oxidation sites excluding steroid dienone is 1. The van der Waals surface area contributed by atoms with Gasteiger partial charge in [-0.15, -0.1) is 11.3 Å². The van der Waals surface area contributed by atoms with Gasteiger partial charge in [0.1, 0.15) is 0 Å². The van der Waals surface area contributed by atoms with Gasteiger partial charge in [-0.1, -0.05) is 42.2 Å². The Kier molecular flexibility index (Phi) is 4.40. The van der Waals surface area contributed by atoms with Crippen LogP contribution in [-0.4, -0.2) is 12.0 Å². The molecule has 126 valence electrons. The van der Waals surface area contributed by atoms with Crippen LogP contribution in [0.2, 0.25) is 0 Å². The fourth-order valence-corrected chi connectivity index (χ4v) is 5.80. The molecule has 0 bridgehead atoms. The van der Waals surface area contributed by atoms with Gasteiger partial charge in [0.15, 0.2) is 0 Å². The summed E-state index contributed by atoms with van der Waals surface area (Å²) in [6.45, 7) is 8.47. The van der Waals surface area contributed by atoms with Crippen LogP contribution < -0.4 is 4.90 Å². The maximum Gasteiger partial charge on any atom is 0.0907 e. The summed E-state index contributed by atoms with van der Waals surface area (Å²) in [6.07, 6.45) is 2.18. The molecule has 25 heavy (non-hydrogen) atoms. The molecule has 1 aromatic heterocycles. The highest BCUT2D eigenvalue weighted by Crippen LogP contribution is 2.46. The minimum Gasteiger partial charge on any atom is -0.338 e. The molecule has 0 spiro atoms. The molecule has 2 heterocycles. The molecule has 0 amide bonds. The molecule has 5 heteroatoms. The highest BCUT2D eigenvalue weighted by atomic mass is 32.2. The summed E-state index contributed by atoms with van der Waals surface area (Å²) < 4.78 is 1.24. The van der Waals surface area contributed by atoms with Crippen LogP contribution in [0, 0.1) is 13.8 Å². The number of benzene rings is 2. The van der Waals surface area contributed by atoms with E-state index in [2.05, 4.69) is 79.8 Å². The van der Waals surface area contributed by atoms with Gasteiger partial charge >= 0.3 is 0 Å². The van der Waals surface area contributed by atoms with Crippen molar-refractivity contribution in [3.05, 3.63) is 69.6 Å². The van der Waals surface area contributed by atoms with Crippen molar-refractivity contribution in [1.82, 2.24) is 4.98 Å². The first-order valence-electron chi connectivity index (χ1n) is 7.98. The number of fused-ring (bicyclic) bond motifs is 2. The summed E-state index contributed by atoms with van der Waals surface area (Å²) in [7, 11) is 2.11. The minimum absolute atomic E-state index is 1.05. The Bertz CT molecular complexity index is 1020. The highest BCUT2D eigenvalue weighted by Gasteiger charge is 2.21. The summed E-state index contributed by atoms with van der Waals surface area (Å²) >= 11 is 5.27. The smallest absolute Gasteiger partial charge is 0.0907 e. The average molecular weight is 383 g/mol. The van der Waals surface area contributed by atoms with Crippen molar-refractivity contribution in [3.8, 4) is 0 Å². The molecule has 0 N–H and O–H groups in total. The van der Waals surface area contributed by atoms with Crippen LogP contribution in [0.3, 0.4) is 0 Å². The van der Waals surface area contributed by atoms with Crippen LogP contribution in [-0.2, 0) is 0 Å². The number of hydrogen-bond acceptors (Lipinski definition) is 5. The lowest BCUT2D eigenvalue weighted by Crippen LogP contribution is -2.09. The minimum atomic E-state index is 1.05. The van der Waals surface area contributed by atoms with Crippen molar-refractivity contribution in [2.75, 3.05) is 11.9 Å². The van der Waals surface area contributed by atoms with Crippen molar-refractivity contribution < 1.29 is 0 Å². The van der Waals surface area contributed by atoms with E-state index in [0.717, 1.165) is 15.4 Å². The largest absolute Gasteiger partial charge is 0.338 e. The van der Waals surface area contributed by atoms with Crippen molar-refractivity contribution in [2.24, 2.45) is 0 Å². The molecule has 2 aromatic carbocycles. The Hall–Kier alpha value is -1.69. The Labute approximate surface area is 160 Å². The highest BCUT2D eigenvalue weighted by molar-refractivity contribution is 8.04. The zero-order valence-corrected chi connectivity index (χ0v) is 16.8. The monoisotopic (exact) mass is 382 g/mol. The van der Waals surface area contributed by atoms with Crippen molar-refractivity contribution in [1.29, 1.82) is 0 Å². The van der Waals surface area contributed by atoms with Gasteiger partial charge in [-0.2, -0.15) is 0 Å². The number of para-hydroxylation sites is 1. The Morgan fingerprint density at radius 1 is 1.24 bits per heavy atom. The quantitative estimate of drug-likeness (QED) is 0.474. The van der Waals surface area contributed by atoms with Crippen LogP contribution in [0.15, 0.2) is 68.8 Å². The third-order valence-corrected chi connectivity index (χ3v) is 7.23. The lowest BCUT2D eigenvalue weighted by molar-refractivity contribution is 1.17. The summed E-state index contributed by atoms with van der Waals surface area (Å²) in [5.41, 5.74) is 3.60. The fourth-order valence-electron chi connectivity index (χ4n) is 2.84. The van der Waals surface area contributed by atoms with E-state index in [1.165, 1.54) is 30.8 Å². The van der Waals surface area contributed by atoms with Gasteiger partial charge in [0.05, 0.1) is 25.9 Å². The predicted octanol–water partition coefficient (Wildman–Crippen LogP) is 6.60. The standard InChI is InChI=1S/C20H18N2S3/c1-12-9-15-19(24-14(3)21-15)11-18(12)23-13(2)10-20-22(4)16-7-5-6-8-17(16)25-20/h5-11H,2H2,1,3-4H3/b20-10+. The lowest BCUT2D eigenvalue weighted by Gasteiger charge is -2.14. The van der Waals surface area contributed by atoms with E-state index in [4.69, 9.17) is 0 Å². The zero-order valence-electron chi connectivity index (χ0n) is 14.4. The first kappa shape index (κ1) is 16.8. The van der Waals surface area contributed by atoms with E-state index in [0.29, 0.717) is 0 Å². The van der Waals surface area contributed by atoms with Crippen molar-refractivity contribution in [2.45, 2.75) is 23.6 Å². The molecular weight excluding hydrogens is 364 g/mol. The summed E-state index contributed by atoms with van der Waals surface area (Å²) in [5.74, 6) is 0. The zero-order chi connectivity index (χ0) is 17.6. The number of thioether (sulfide) groups is 2. The molecule has 1 aliphatic heterocycles. The number of nitrogens with zero attached hydrogens (tertiary/aromatic N) is 2. The average Bonchev–Trinajstić information content (AvgIpc) is 3.07. The second-order valence-corrected chi connectivity index (χ2v) is 9.46. The molecule has 0 aliphatic carbocycles. The van der Waals surface area contributed by atoms with Crippen molar-refractivity contribution in [3.63, 3.8) is 0 Å². The van der Waals surface area contributed by atoms with Crippen LogP contribution in [0.1, 0.15) is 10.6 Å². The van der Waals surface area contributed by atoms with Gasteiger partial charge in [0.25, 0.3) is 0 Å². The topological polar surface area (TPSA) is 16.1 Å². The van der Waals surface area contributed by atoms with Gasteiger partial charge in [0.2, 0.25) is 0 Å². The van der Waals surface area contributed by atoms with E-state index in [1.54, 1.807) is 34.9 Å². The molecular formula is C20H18N2S3. The first-order valence-corrected chi connectivity index (χ1v) is 10.4. The number of rotatable bonds is 3. The van der Waals surface area contributed by atoms with Gasteiger partial charge in [-0.05, 0) is 49.8 Å². The molecule has 0 radical (unpaired) electrons. The Morgan fingerprint density at radius 3 is 2.84 bits per heavy atom. The lowest BCUT2D eigenvalue weighted by atomic mass is 10.2. The van der Waals surface area contributed by atoms with Gasteiger partial charge < -0.3 is 4.90 Å². The number of hydrogen-bond donors (Lipinski definition) is 0. The van der Waals surface area contributed by atoms with E-state index < -0.39 is 0 Å². The van der Waals surface area contributed by atoms with Crippen LogP contribution in [0.25, 0.3) is 10.2 Å². The second kappa shape index (κ2) is 6.56. The molecule has 1 aliphatic rings. The molecule has 0 fully saturated rings. The fraction of sp³-hybridized carbons (Fsp3) is 0.150. The molecule has 0 saturated carbocycles. The summed E-state index contributed by atoms with van der Waals surface area (Å²) in [6, 6.07) is 12.9. The Morgan fingerprint density at radius 2 is 2.04 bits per heavy atom. The van der Waals surface area contributed by atoms with E-state index >= 15 is 0 Å². The molecule has 0 atom stereocenters. The van der Waals surface area contributed by atoms with Crippen molar-refractivity contribution >= 4 is 50.8 Å². The third kappa shape index (κ3) is 3.24. The van der Waals surface area contributed by atoms with E-state index in [-0.39, 0.29) is 0 Å². The predicted molar refractivity (Wildman–Crippen MR) is 113 cm³/mol. The second-order valence-electron chi connectivity index (χ2n) is 6.00. The third-order valence-electron chi connectivity index (χ3n) is 4.09. The first-order chi connectivity index (χ1) is 12.0. The maximum atomic E-state index is 4.58. The normalized spacial score (nSPS) is 15.2. The number of aromatic nitrogens is 1. The molecule has 0 unspecified atom stereocenters. The maximum absolute atomic E-state index is 4.58. The van der Waals surface area contributed by atoms with Gasteiger partial charge in [-0.3, -0.25) is 0 Å². The molecule has 2 nitrogen and oxygen atoms in total. The number of thiazole rings is 1. The van der Waals surface area contributed by atoms with Gasteiger partial charge in [-0.25, -0.2) is 4.98 Å². The van der Waals surface area contributed by atoms with Crippen LogP contribution >= 0.6 is 34.9 Å². The SMILES string of the molecule is C=C(/C=C1/Sc2ccccc2N1C)Sc1cc2sc(C)nc2cc1C. The molecule has 4 rings (SSSR count). The summed E-state index contributed by atoms with van der Waals surface area (Å²) in [4.78, 5) is 10.4. The molecule has 3 aromatic rings. The number of aryl methyl sites for hydroxylation is 2. The van der Waals surface area contributed by atoms with Crippen LogP contribution in [0.5, 0.6) is 0 Å². The van der Waals surface area contributed by atoms with E-state index in [9.17, 15) is 0 Å². The summed E-state index contributed by atoms with van der Waals surface area (Å²) in [5, 5.41) is 2.32. The number of anilines is 1. The Balaban J connectivity index is 1.58.